The Kier molecular flexibility index (Phi) is 6.47. The number of benzene rings is 2. The Morgan fingerprint density at radius 3 is 2.48 bits per heavy atom. The van der Waals surface area contributed by atoms with Crippen molar-refractivity contribution >= 4 is 11.7 Å². The Labute approximate surface area is 146 Å². The molecule has 0 fully saturated rings. The van der Waals surface area contributed by atoms with Gasteiger partial charge in [0.25, 0.3) is 0 Å². The van der Waals surface area contributed by atoms with Crippen molar-refractivity contribution in [2.24, 2.45) is 0 Å². The van der Waals surface area contributed by atoms with Crippen LogP contribution in [0.15, 0.2) is 42.5 Å². The number of methoxy groups -OCH3 is 3. The van der Waals surface area contributed by atoms with E-state index in [4.69, 9.17) is 14.2 Å². The molecule has 0 saturated heterocycles. The van der Waals surface area contributed by atoms with E-state index in [1.807, 2.05) is 0 Å². The van der Waals surface area contributed by atoms with Gasteiger partial charge in [0.15, 0.2) is 11.5 Å². The molecule has 0 spiro atoms. The number of anilines is 1. The van der Waals surface area contributed by atoms with E-state index in [9.17, 15) is 9.90 Å². The highest BCUT2D eigenvalue weighted by Gasteiger charge is 2.13. The summed E-state index contributed by atoms with van der Waals surface area (Å²) in [6, 6.07) is 11.7. The molecule has 2 aromatic carbocycles. The van der Waals surface area contributed by atoms with Gasteiger partial charge in [0.05, 0.1) is 27.4 Å². The van der Waals surface area contributed by atoms with Crippen LogP contribution in [0.1, 0.15) is 11.7 Å². The fraction of sp³-hybridized carbons (Fsp3) is 0.278. The lowest BCUT2D eigenvalue weighted by Gasteiger charge is -2.15. The molecule has 0 aromatic heterocycles. The minimum Gasteiger partial charge on any atom is -0.497 e. The fourth-order valence-corrected chi connectivity index (χ4v) is 2.24. The highest BCUT2D eigenvalue weighted by Crippen LogP contribution is 2.29. The number of carbonyl (C=O) groups excluding carboxylic acids is 1. The predicted octanol–water partition coefficient (Wildman–Crippen LogP) is 2.57. The summed E-state index contributed by atoms with van der Waals surface area (Å²) in [5, 5.41) is 15.5. The van der Waals surface area contributed by atoms with Gasteiger partial charge in [-0.1, -0.05) is 12.1 Å². The molecular weight excluding hydrogens is 324 g/mol. The Morgan fingerprint density at radius 2 is 1.80 bits per heavy atom. The number of aliphatic hydroxyl groups excluding tert-OH is 1. The number of urea groups is 1. The number of aliphatic hydroxyl groups is 1. The van der Waals surface area contributed by atoms with Crippen LogP contribution in [-0.2, 0) is 0 Å². The van der Waals surface area contributed by atoms with E-state index in [1.165, 1.54) is 7.11 Å². The largest absolute Gasteiger partial charge is 0.497 e. The number of rotatable bonds is 7. The predicted molar refractivity (Wildman–Crippen MR) is 94.5 cm³/mol. The van der Waals surface area contributed by atoms with E-state index < -0.39 is 12.1 Å². The van der Waals surface area contributed by atoms with Crippen molar-refractivity contribution in [3.05, 3.63) is 48.0 Å². The highest BCUT2D eigenvalue weighted by atomic mass is 16.5. The Hall–Kier alpha value is -2.93. The van der Waals surface area contributed by atoms with Crippen LogP contribution in [-0.4, -0.2) is 39.0 Å². The van der Waals surface area contributed by atoms with Gasteiger partial charge in [-0.25, -0.2) is 4.79 Å². The number of hydrogen-bond acceptors (Lipinski definition) is 5. The lowest BCUT2D eigenvalue weighted by Crippen LogP contribution is -2.32. The minimum atomic E-state index is -0.879. The standard InChI is InChI=1S/C18H22N2O5/c1-23-14-6-4-5-13(10-14)20-18(22)19-11-15(21)12-7-8-16(24-2)17(9-12)25-3/h4-10,15,21H,11H2,1-3H3,(H2,19,20,22). The molecule has 2 aromatic rings. The van der Waals surface area contributed by atoms with Crippen molar-refractivity contribution < 1.29 is 24.1 Å². The Bertz CT molecular complexity index is 720. The number of ether oxygens (including phenoxy) is 3. The van der Waals surface area contributed by atoms with Gasteiger partial charge in [-0.15, -0.1) is 0 Å². The van der Waals surface area contributed by atoms with E-state index in [0.29, 0.717) is 28.5 Å². The van der Waals surface area contributed by atoms with Gasteiger partial charge in [0.1, 0.15) is 5.75 Å². The third-order valence-corrected chi connectivity index (χ3v) is 3.58. The summed E-state index contributed by atoms with van der Waals surface area (Å²) in [7, 11) is 4.62. The van der Waals surface area contributed by atoms with Crippen molar-refractivity contribution in [3.63, 3.8) is 0 Å². The summed E-state index contributed by atoms with van der Waals surface area (Å²) in [4.78, 5) is 12.0. The van der Waals surface area contributed by atoms with Gasteiger partial charge in [0.2, 0.25) is 0 Å². The van der Waals surface area contributed by atoms with E-state index in [1.54, 1.807) is 56.7 Å². The van der Waals surface area contributed by atoms with E-state index in [-0.39, 0.29) is 6.54 Å². The summed E-state index contributed by atoms with van der Waals surface area (Å²) >= 11 is 0. The van der Waals surface area contributed by atoms with Gasteiger partial charge in [-0.2, -0.15) is 0 Å². The maximum Gasteiger partial charge on any atom is 0.319 e. The van der Waals surface area contributed by atoms with E-state index >= 15 is 0 Å². The van der Waals surface area contributed by atoms with Gasteiger partial charge in [0, 0.05) is 18.3 Å². The Balaban J connectivity index is 1.92. The van der Waals surface area contributed by atoms with Crippen LogP contribution >= 0.6 is 0 Å². The first-order chi connectivity index (χ1) is 12.1. The van der Waals surface area contributed by atoms with Gasteiger partial charge < -0.3 is 30.0 Å². The van der Waals surface area contributed by atoms with Crippen LogP contribution in [0.25, 0.3) is 0 Å². The third kappa shape index (κ3) is 5.02. The van der Waals surface area contributed by atoms with Crippen LogP contribution in [0.5, 0.6) is 17.2 Å². The first-order valence-electron chi connectivity index (χ1n) is 7.66. The smallest absolute Gasteiger partial charge is 0.319 e. The molecule has 7 nitrogen and oxygen atoms in total. The summed E-state index contributed by atoms with van der Waals surface area (Å²) in [5.74, 6) is 1.73. The molecule has 1 unspecified atom stereocenters. The normalized spacial score (nSPS) is 11.4. The summed E-state index contributed by atoms with van der Waals surface area (Å²) < 4.78 is 15.5. The van der Waals surface area contributed by atoms with Crippen LogP contribution < -0.4 is 24.8 Å². The highest BCUT2D eigenvalue weighted by molar-refractivity contribution is 5.89. The molecule has 7 heteroatoms. The van der Waals surface area contributed by atoms with Crippen LogP contribution in [0, 0.1) is 0 Å². The van der Waals surface area contributed by atoms with Crippen molar-refractivity contribution in [1.29, 1.82) is 0 Å². The summed E-state index contributed by atoms with van der Waals surface area (Å²) in [6.07, 6.45) is -0.879. The molecule has 0 bridgehead atoms. The summed E-state index contributed by atoms with van der Waals surface area (Å²) in [6.45, 7) is 0.0469. The zero-order valence-electron chi connectivity index (χ0n) is 14.4. The fourth-order valence-electron chi connectivity index (χ4n) is 2.24. The second kappa shape index (κ2) is 8.79. The lowest BCUT2D eigenvalue weighted by molar-refractivity contribution is 0.174. The van der Waals surface area contributed by atoms with Gasteiger partial charge in [-0.3, -0.25) is 0 Å². The molecule has 0 aliphatic carbocycles. The summed E-state index contributed by atoms with van der Waals surface area (Å²) in [5.41, 5.74) is 1.21. The Morgan fingerprint density at radius 1 is 1.04 bits per heavy atom. The molecule has 2 rings (SSSR count). The second-order valence-electron chi connectivity index (χ2n) is 5.20. The lowest BCUT2D eigenvalue weighted by atomic mass is 10.1. The molecule has 25 heavy (non-hydrogen) atoms. The maximum atomic E-state index is 12.0. The van der Waals surface area contributed by atoms with Gasteiger partial charge in [-0.05, 0) is 29.8 Å². The molecule has 0 radical (unpaired) electrons. The topological polar surface area (TPSA) is 89.1 Å². The average molecular weight is 346 g/mol. The maximum absolute atomic E-state index is 12.0. The molecule has 0 aliphatic heterocycles. The number of nitrogens with one attached hydrogen (secondary N) is 2. The molecule has 0 saturated carbocycles. The molecule has 3 N–H and O–H groups in total. The zero-order valence-corrected chi connectivity index (χ0v) is 14.4. The molecule has 2 amide bonds. The monoisotopic (exact) mass is 346 g/mol. The van der Waals surface area contributed by atoms with E-state index in [2.05, 4.69) is 10.6 Å². The van der Waals surface area contributed by atoms with Crippen LogP contribution in [0.2, 0.25) is 0 Å². The van der Waals surface area contributed by atoms with Crippen molar-refractivity contribution in [2.75, 3.05) is 33.2 Å². The van der Waals surface area contributed by atoms with Crippen molar-refractivity contribution in [3.8, 4) is 17.2 Å². The quantitative estimate of drug-likeness (QED) is 0.717. The second-order valence-corrected chi connectivity index (χ2v) is 5.20. The molecule has 134 valence electrons. The molecular formula is C18H22N2O5. The van der Waals surface area contributed by atoms with Gasteiger partial charge >= 0.3 is 6.03 Å². The average Bonchev–Trinajstić information content (AvgIpc) is 2.65. The minimum absolute atomic E-state index is 0.0469. The first kappa shape index (κ1) is 18.4. The molecule has 1 atom stereocenters. The number of carbonyl (C=O) groups is 1. The number of amides is 2. The van der Waals surface area contributed by atoms with Crippen LogP contribution in [0.4, 0.5) is 10.5 Å². The third-order valence-electron chi connectivity index (χ3n) is 3.58. The van der Waals surface area contributed by atoms with Crippen molar-refractivity contribution in [2.45, 2.75) is 6.10 Å². The number of hydrogen-bond donors (Lipinski definition) is 3. The SMILES string of the molecule is COc1cccc(NC(=O)NCC(O)c2ccc(OC)c(OC)c2)c1. The first-order valence-corrected chi connectivity index (χ1v) is 7.66. The molecule has 0 heterocycles. The van der Waals surface area contributed by atoms with E-state index in [0.717, 1.165) is 0 Å². The zero-order chi connectivity index (χ0) is 18.2. The molecule has 0 aliphatic rings. The van der Waals surface area contributed by atoms with Crippen LogP contribution in [0.3, 0.4) is 0 Å². The van der Waals surface area contributed by atoms with Crippen molar-refractivity contribution in [1.82, 2.24) is 5.32 Å².